The van der Waals surface area contributed by atoms with E-state index >= 15 is 0 Å². The van der Waals surface area contributed by atoms with Gasteiger partial charge in [0.1, 0.15) is 48.6 Å². The molecule has 17 rings (SSSR count). The number of aromatic amines is 2. The number of primary amides is 2. The maximum absolute atomic E-state index is 12.8. The molecule has 11 N–H and O–H groups in total. The average molecular weight is 2140 g/mol. The first-order chi connectivity index (χ1) is 65.7. The maximum atomic E-state index is 12.8. The molecule has 0 spiro atoms. The number of aromatic hydroxyl groups is 2. The van der Waals surface area contributed by atoms with Crippen LogP contribution in [0.2, 0.25) is 0 Å². The van der Waals surface area contributed by atoms with Gasteiger partial charge in [-0.1, -0.05) is 280 Å². The van der Waals surface area contributed by atoms with Crippen LogP contribution in [0.15, 0.2) is 318 Å². The fraction of sp³-hybridized carbons (Fsp3) is 0.156. The number of fused-ring (bicyclic) bond motifs is 5. The number of nitrogens with two attached hydrogens (primary N) is 2. The number of hydrogen-bond donors (Lipinski definition) is 7. The average Bonchev–Trinajstić information content (AvgIpc) is 1.59. The summed E-state index contributed by atoms with van der Waals surface area (Å²) in [7, 11) is 0. The molecule has 33 heteroatoms. The number of ether oxygens (including phenoxy) is 3. The Balaban J connectivity index is 0. The summed E-state index contributed by atoms with van der Waals surface area (Å²) in [6.07, 6.45) is 11.8. The number of carbonyl (C=O) groups excluding carboxylic acids is 8. The van der Waals surface area contributed by atoms with E-state index in [1.807, 2.05) is 170 Å². The number of phenols is 2. The molecular weight excluding hydrogens is 2020 g/mol. The molecule has 5 aromatic heterocycles. The van der Waals surface area contributed by atoms with Crippen LogP contribution in [0, 0.1) is 34.6 Å². The zero-order valence-electron chi connectivity index (χ0n) is 84.8. The molecule has 0 radical (unpaired) electrons. The molecule has 1 fully saturated rings. The SMILES string of the molecule is C1CC1.C=CCOc1cccc2[nH]c(C)cc12.C=CCOc1cccc2c1c(C(=O)C(N)=O)c(C)n2Cc1ccccc1-c1ccccc1.C=CCOc1cccc2c1cc(C)n2Cc1ccccc1-c1ccccc1.C=CCc1ccc2c(c1O)c(C(=O)C(N)=O)c(C)n2Cc1ccccc1-c1ccccc1.CCBr.Cc1cc2c(O)cccc2[nH]1.N.O=C(Cl)C(=O)Cl.O=CO[O-].O=CO[O-].[H-].[H-].[H-].[K+].[K+].[K+].[K+].[Na+]. The number of allylic oxidation sites excluding steroid dienone is 1. The van der Waals surface area contributed by atoms with Crippen LogP contribution in [0.1, 0.15) is 102 Å². The molecule has 0 atom stereocenters. The second kappa shape index (κ2) is 69.3. The Morgan fingerprint density at radius 3 is 1.15 bits per heavy atom. The number of carbonyl (C=O) groups is 8. The van der Waals surface area contributed by atoms with Gasteiger partial charge in [-0.25, -0.2) is 0 Å². The van der Waals surface area contributed by atoms with Gasteiger partial charge in [-0.05, 0) is 193 Å². The van der Waals surface area contributed by atoms with Crippen molar-refractivity contribution >= 4 is 140 Å². The normalized spacial score (nSPS) is 10.0. The Hall–Kier alpha value is -7.87. The number of halogens is 3. The van der Waals surface area contributed by atoms with Crippen LogP contribution < -0.4 is 277 Å². The van der Waals surface area contributed by atoms with Crippen molar-refractivity contribution in [3.8, 4) is 62.1 Å². The Labute approximate surface area is 1040 Å². The van der Waals surface area contributed by atoms with Crippen LogP contribution in [0.4, 0.5) is 0 Å². The number of H-pyrrole nitrogens is 2. The van der Waals surface area contributed by atoms with Gasteiger partial charge in [0, 0.05) is 80.6 Å². The number of amides is 2. The topological polar surface area (TPSA) is 403 Å². The van der Waals surface area contributed by atoms with Crippen LogP contribution in [0.5, 0.6) is 28.7 Å². The van der Waals surface area contributed by atoms with Gasteiger partial charge < -0.3 is 90.3 Å². The number of Topliss-reactive ketones (excluding diaryl/α,β-unsaturated/α-hetero) is 2. The van der Waals surface area contributed by atoms with Gasteiger partial charge in [0.25, 0.3) is 36.3 Å². The third-order valence-electron chi connectivity index (χ3n) is 20.7. The first kappa shape index (κ1) is 130. The largest absolute Gasteiger partial charge is 1.00 e. The minimum Gasteiger partial charge on any atom is -1.00 e. The van der Waals surface area contributed by atoms with E-state index in [0.29, 0.717) is 77.5 Å². The first-order valence-corrected chi connectivity index (χ1v) is 44.8. The molecular formula is C109H112BrCl2K4N8NaO17. The summed E-state index contributed by atoms with van der Waals surface area (Å²) in [5.41, 5.74) is 31.6. The quantitative estimate of drug-likeness (QED) is 0.00328. The van der Waals surface area contributed by atoms with Crippen molar-refractivity contribution in [3.05, 3.63) is 379 Å². The molecule has 1 saturated carbocycles. The summed E-state index contributed by atoms with van der Waals surface area (Å²) < 4.78 is 23.6. The molecule has 1 aliphatic carbocycles. The summed E-state index contributed by atoms with van der Waals surface area (Å²) >= 11 is 12.1. The number of phenolic OH excluding ortho intramolecular Hbond substituents is 2. The van der Waals surface area contributed by atoms with E-state index in [1.165, 1.54) is 47.2 Å². The molecule has 11 aromatic carbocycles. The van der Waals surface area contributed by atoms with Gasteiger partial charge in [0.05, 0.1) is 38.4 Å². The van der Waals surface area contributed by atoms with Crippen molar-refractivity contribution in [2.45, 2.75) is 86.9 Å². The van der Waals surface area contributed by atoms with Gasteiger partial charge in [0.15, 0.2) is 0 Å². The molecule has 16 aromatic rings. The van der Waals surface area contributed by atoms with E-state index in [2.05, 4.69) is 218 Å². The van der Waals surface area contributed by atoms with Crippen molar-refractivity contribution in [2.75, 3.05) is 25.2 Å². The molecule has 0 bridgehead atoms. The summed E-state index contributed by atoms with van der Waals surface area (Å²) in [6, 6.07) is 88.8. The van der Waals surface area contributed by atoms with E-state index in [-0.39, 0.29) is 282 Å². The van der Waals surface area contributed by atoms with Crippen LogP contribution in [-0.2, 0) is 64.6 Å². The number of hydrogen-bond acceptors (Lipinski definition) is 18. The van der Waals surface area contributed by atoms with Crippen LogP contribution in [0.3, 0.4) is 0 Å². The third kappa shape index (κ3) is 38.1. The number of nitrogens with one attached hydrogen (secondary N) is 2. The third-order valence-corrected chi connectivity index (χ3v) is 21.2. The molecule has 25 nitrogen and oxygen atoms in total. The number of aromatic nitrogens is 5. The van der Waals surface area contributed by atoms with Gasteiger partial charge >= 0.3 is 246 Å². The zero-order chi connectivity index (χ0) is 98.8. The molecule has 0 unspecified atom stereocenters. The van der Waals surface area contributed by atoms with Crippen LogP contribution >= 0.6 is 39.1 Å². The van der Waals surface area contributed by atoms with E-state index in [9.17, 15) is 39.0 Å². The predicted molar refractivity (Wildman–Crippen MR) is 548 cm³/mol. The van der Waals surface area contributed by atoms with Crippen molar-refractivity contribution < 1.29 is 322 Å². The second-order valence-electron chi connectivity index (χ2n) is 30.1. The summed E-state index contributed by atoms with van der Waals surface area (Å²) in [6.45, 7) is 29.4. The van der Waals surface area contributed by atoms with Crippen LogP contribution in [-0.4, -0.2) is 106 Å². The monoisotopic (exact) mass is 2130 g/mol. The predicted octanol–water partition coefficient (Wildman–Crippen LogP) is 6.60. The Kier molecular flexibility index (Phi) is 63.5. The summed E-state index contributed by atoms with van der Waals surface area (Å²) in [5.74, 6) is -0.925. The fourth-order valence-electron chi connectivity index (χ4n) is 14.8. The van der Waals surface area contributed by atoms with E-state index in [0.717, 1.165) is 101 Å². The number of ketones is 2. The molecule has 0 saturated heterocycles. The number of nitrogens with zero attached hydrogens (tertiary/aromatic N) is 3. The molecule has 1 aliphatic rings. The molecule has 716 valence electrons. The molecule has 0 aliphatic heterocycles. The van der Waals surface area contributed by atoms with Crippen LogP contribution in [0.25, 0.3) is 87.9 Å². The van der Waals surface area contributed by atoms with Gasteiger partial charge in [-0.2, -0.15) is 0 Å². The fourth-order valence-corrected chi connectivity index (χ4v) is 14.8. The van der Waals surface area contributed by atoms with E-state index in [4.69, 9.17) is 45.8 Å². The number of aryl methyl sites for hydroxylation is 3. The van der Waals surface area contributed by atoms with Crippen molar-refractivity contribution in [2.24, 2.45) is 11.5 Å². The number of rotatable bonds is 27. The smallest absolute Gasteiger partial charge is 1.00 e. The van der Waals surface area contributed by atoms with Crippen molar-refractivity contribution in [1.82, 2.24) is 29.8 Å². The van der Waals surface area contributed by atoms with Crippen molar-refractivity contribution in [1.29, 1.82) is 0 Å². The Morgan fingerprint density at radius 1 is 0.437 bits per heavy atom. The molecule has 2 amide bonds. The first-order valence-electron chi connectivity index (χ1n) is 42.9. The number of benzene rings is 11. The standard InChI is InChI=1S/2C27H24N2O3.C25H23NO.C12H13NO.C9H9NO.C3H6.C2H5Br.C2Cl2O2.2CH2O3.4K.H3N.Na.3H/c1-3-16-32-23-15-9-14-22-25(23)24(26(30)27(28)31)18(2)29(22)17-20-12-7-8-13-21(20)19-10-5-4-6-11-19;1-3-9-19-14-15-22-24(25(19)30)23(26(31)27(28)32)17(2)29(22)16-20-12-7-8-13-21(20)18-10-5-4-6-11-18;1-3-16-27-25-15-9-14-24-23(25)17-19(2)26(24)18-21-12-7-8-13-22(21)20-10-5-4-6-11-20;1-3-7-14-12-6-4-5-11-10(12)8-9(2)13-11;1-6-5-7-8(10-6)3-2-4-9(7)11;1-2-3-1;1-2-3;3-1(5)2(4)6;2*2-1-4-3;;;;;;;;;/h3-15H,1,16-17H2,2H3,(H2,28,31);3-8,10-15,30H,1,9,16H2,2H3,(H2,28,32);3-15,17H,1,16,18H2,2H3;3-6,8,13H,1,7H2,2H3;2-5,10-11H,1H3;1-3H2;2H2,1H3;;2*1,3H;;;;;1H3;;;;/q;;;;;;;;;;4*+1;;+1;3*-1/p-2. The zero-order valence-corrected chi connectivity index (χ0v) is 99.4. The second-order valence-corrected chi connectivity index (χ2v) is 31.9. The van der Waals surface area contributed by atoms with Gasteiger partial charge in [-0.3, -0.25) is 38.4 Å². The number of alkyl halides is 1. The molecule has 5 heterocycles. The minimum atomic E-state index is -1.14. The molecule has 142 heavy (non-hydrogen) atoms. The van der Waals surface area contributed by atoms with E-state index < -0.39 is 33.9 Å². The van der Waals surface area contributed by atoms with Gasteiger partial charge in [0.2, 0.25) is 0 Å². The Morgan fingerprint density at radius 2 is 0.775 bits per heavy atom. The van der Waals surface area contributed by atoms with Crippen molar-refractivity contribution in [3.63, 3.8) is 0 Å². The van der Waals surface area contributed by atoms with E-state index in [1.54, 1.807) is 43.4 Å². The Bertz CT molecular complexity index is 6830. The van der Waals surface area contributed by atoms with Gasteiger partial charge in [-0.15, -0.1) is 6.58 Å². The minimum absolute atomic E-state index is 0. The summed E-state index contributed by atoms with van der Waals surface area (Å²) in [4.78, 5) is 96.9. The summed E-state index contributed by atoms with van der Waals surface area (Å²) in [5, 5.41) is 40.1. The maximum Gasteiger partial charge on any atom is 1.00 e.